The van der Waals surface area contributed by atoms with Crippen molar-refractivity contribution in [2.75, 3.05) is 18.0 Å². The molecule has 0 N–H and O–H groups in total. The average Bonchev–Trinajstić information content (AvgIpc) is 2.80. The van der Waals surface area contributed by atoms with Crippen LogP contribution >= 0.6 is 0 Å². The molecule has 5 nitrogen and oxygen atoms in total. The predicted molar refractivity (Wildman–Crippen MR) is 115 cm³/mol. The third-order valence-corrected chi connectivity index (χ3v) is 5.23. The number of pyridine rings is 1. The lowest BCUT2D eigenvalue weighted by Gasteiger charge is -2.34. The fourth-order valence-electron chi connectivity index (χ4n) is 3.84. The molecule has 0 saturated carbocycles. The number of piperidine rings is 1. The second kappa shape index (κ2) is 7.87. The molecule has 2 aromatic carbocycles. The van der Waals surface area contributed by atoms with E-state index in [1.54, 1.807) is 6.20 Å². The molecule has 0 amide bonds. The maximum atomic E-state index is 6.24. The molecule has 29 heavy (non-hydrogen) atoms. The van der Waals surface area contributed by atoms with Gasteiger partial charge in [-0.1, -0.05) is 30.3 Å². The number of anilines is 1. The molecule has 4 aromatic rings. The number of fused-ring (bicyclic) bond motifs is 1. The zero-order chi connectivity index (χ0) is 19.5. The lowest BCUT2D eigenvalue weighted by molar-refractivity contribution is 0.179. The van der Waals surface area contributed by atoms with Crippen molar-refractivity contribution in [2.45, 2.75) is 18.9 Å². The SMILES string of the molecule is c1ccc(O[C@H]2CCCN(c3nc(-c4cccnc4)nc4ccccc34)C2)cc1. The molecule has 5 rings (SSSR count). The van der Waals surface area contributed by atoms with Crippen molar-refractivity contribution in [3.8, 4) is 17.1 Å². The van der Waals surface area contributed by atoms with Crippen LogP contribution in [0.25, 0.3) is 22.3 Å². The topological polar surface area (TPSA) is 51.1 Å². The number of hydrogen-bond donors (Lipinski definition) is 0. The lowest BCUT2D eigenvalue weighted by atomic mass is 10.1. The second-order valence-corrected chi connectivity index (χ2v) is 7.27. The van der Waals surface area contributed by atoms with E-state index in [1.807, 2.05) is 66.9 Å². The standard InChI is InChI=1S/C24H22N4O/c1-2-9-19(10-3-1)29-20-11-7-15-28(17-20)24-21-12-4-5-13-22(21)26-23(27-24)18-8-6-14-25-16-18/h1-6,8-10,12-14,16,20H,7,11,15,17H2/t20-/m0/s1. The van der Waals surface area contributed by atoms with Crippen molar-refractivity contribution in [1.29, 1.82) is 0 Å². The summed E-state index contributed by atoms with van der Waals surface area (Å²) in [6.45, 7) is 1.77. The highest BCUT2D eigenvalue weighted by atomic mass is 16.5. The molecule has 1 aliphatic heterocycles. The van der Waals surface area contributed by atoms with Crippen molar-refractivity contribution < 1.29 is 4.74 Å². The van der Waals surface area contributed by atoms with Crippen LogP contribution in [0.4, 0.5) is 5.82 Å². The van der Waals surface area contributed by atoms with Gasteiger partial charge in [0.25, 0.3) is 0 Å². The molecular weight excluding hydrogens is 360 g/mol. The fraction of sp³-hybridized carbons (Fsp3) is 0.208. The summed E-state index contributed by atoms with van der Waals surface area (Å²) in [6, 6.07) is 22.2. The summed E-state index contributed by atoms with van der Waals surface area (Å²) in [5, 5.41) is 1.07. The van der Waals surface area contributed by atoms with Crippen LogP contribution in [0.5, 0.6) is 5.75 Å². The molecule has 0 spiro atoms. The molecule has 2 aromatic heterocycles. The highest BCUT2D eigenvalue weighted by molar-refractivity contribution is 5.91. The van der Waals surface area contributed by atoms with Gasteiger partial charge in [0.2, 0.25) is 0 Å². The fourth-order valence-corrected chi connectivity index (χ4v) is 3.84. The normalized spacial score (nSPS) is 16.7. The van der Waals surface area contributed by atoms with Crippen molar-refractivity contribution in [1.82, 2.24) is 15.0 Å². The minimum atomic E-state index is 0.140. The first-order valence-corrected chi connectivity index (χ1v) is 10.0. The number of ether oxygens (including phenoxy) is 1. The molecule has 144 valence electrons. The summed E-state index contributed by atoms with van der Waals surface area (Å²) >= 11 is 0. The van der Waals surface area contributed by atoms with Crippen LogP contribution in [-0.2, 0) is 0 Å². The molecule has 1 atom stereocenters. The van der Waals surface area contributed by atoms with Crippen molar-refractivity contribution in [3.63, 3.8) is 0 Å². The summed E-state index contributed by atoms with van der Waals surface area (Å²) in [6.07, 6.45) is 5.83. The van der Waals surface area contributed by atoms with Gasteiger partial charge in [-0.15, -0.1) is 0 Å². The van der Waals surface area contributed by atoms with E-state index < -0.39 is 0 Å². The first-order valence-electron chi connectivity index (χ1n) is 10.0. The summed E-state index contributed by atoms with van der Waals surface area (Å²) in [4.78, 5) is 16.3. The molecule has 0 unspecified atom stereocenters. The number of nitrogens with zero attached hydrogens (tertiary/aromatic N) is 4. The van der Waals surface area contributed by atoms with Crippen molar-refractivity contribution >= 4 is 16.7 Å². The van der Waals surface area contributed by atoms with Gasteiger partial charge in [0, 0.05) is 29.9 Å². The first kappa shape index (κ1) is 17.6. The molecule has 0 bridgehead atoms. The monoisotopic (exact) mass is 382 g/mol. The van der Waals surface area contributed by atoms with E-state index in [2.05, 4.69) is 16.0 Å². The van der Waals surface area contributed by atoms with Gasteiger partial charge in [-0.05, 0) is 49.2 Å². The van der Waals surface area contributed by atoms with Crippen LogP contribution in [0.15, 0.2) is 79.1 Å². The summed E-state index contributed by atoms with van der Waals surface area (Å²) < 4.78 is 6.24. The van der Waals surface area contributed by atoms with Gasteiger partial charge >= 0.3 is 0 Å². The van der Waals surface area contributed by atoms with E-state index in [1.165, 1.54) is 0 Å². The Balaban J connectivity index is 1.50. The van der Waals surface area contributed by atoms with Crippen LogP contribution in [0.2, 0.25) is 0 Å². The largest absolute Gasteiger partial charge is 0.489 e. The Bertz CT molecular complexity index is 1100. The molecule has 0 aliphatic carbocycles. The van der Waals surface area contributed by atoms with Gasteiger partial charge in [-0.3, -0.25) is 4.98 Å². The van der Waals surface area contributed by atoms with Gasteiger partial charge < -0.3 is 9.64 Å². The predicted octanol–water partition coefficient (Wildman–Crippen LogP) is 4.74. The van der Waals surface area contributed by atoms with Crippen LogP contribution in [0.3, 0.4) is 0 Å². The van der Waals surface area contributed by atoms with Crippen LogP contribution in [0.1, 0.15) is 12.8 Å². The number of aromatic nitrogens is 3. The number of rotatable bonds is 4. The molecule has 1 fully saturated rings. The highest BCUT2D eigenvalue weighted by Crippen LogP contribution is 2.30. The zero-order valence-corrected chi connectivity index (χ0v) is 16.1. The van der Waals surface area contributed by atoms with Crippen LogP contribution in [0, 0.1) is 0 Å². The van der Waals surface area contributed by atoms with Crippen LogP contribution < -0.4 is 9.64 Å². The van der Waals surface area contributed by atoms with E-state index in [0.717, 1.165) is 54.0 Å². The quantitative estimate of drug-likeness (QED) is 0.510. The molecule has 3 heterocycles. The van der Waals surface area contributed by atoms with Gasteiger partial charge in [-0.2, -0.15) is 0 Å². The third kappa shape index (κ3) is 3.76. The Morgan fingerprint density at radius 1 is 0.897 bits per heavy atom. The first-order chi connectivity index (χ1) is 14.4. The zero-order valence-electron chi connectivity index (χ0n) is 16.1. The Kier molecular flexibility index (Phi) is 4.78. The van der Waals surface area contributed by atoms with Gasteiger partial charge in [0.05, 0.1) is 12.1 Å². The van der Waals surface area contributed by atoms with E-state index in [-0.39, 0.29) is 6.10 Å². The van der Waals surface area contributed by atoms with Gasteiger partial charge in [-0.25, -0.2) is 9.97 Å². The number of para-hydroxylation sites is 2. The minimum absolute atomic E-state index is 0.140. The van der Waals surface area contributed by atoms with Crippen molar-refractivity contribution in [2.24, 2.45) is 0 Å². The molecule has 1 aliphatic rings. The smallest absolute Gasteiger partial charge is 0.163 e. The van der Waals surface area contributed by atoms with E-state index in [0.29, 0.717) is 5.82 Å². The van der Waals surface area contributed by atoms with Crippen LogP contribution in [-0.4, -0.2) is 34.1 Å². The summed E-state index contributed by atoms with van der Waals surface area (Å²) in [5.41, 5.74) is 1.87. The third-order valence-electron chi connectivity index (χ3n) is 5.23. The molecule has 1 saturated heterocycles. The highest BCUT2D eigenvalue weighted by Gasteiger charge is 2.24. The molecule has 0 radical (unpaired) electrons. The minimum Gasteiger partial charge on any atom is -0.489 e. The number of benzene rings is 2. The second-order valence-electron chi connectivity index (χ2n) is 7.27. The Hall–Kier alpha value is -3.47. The van der Waals surface area contributed by atoms with Gasteiger partial charge in [0.1, 0.15) is 17.7 Å². The molecular formula is C24H22N4O. The summed E-state index contributed by atoms with van der Waals surface area (Å²) in [7, 11) is 0. The summed E-state index contributed by atoms with van der Waals surface area (Å²) in [5.74, 6) is 2.59. The Morgan fingerprint density at radius 3 is 2.62 bits per heavy atom. The van der Waals surface area contributed by atoms with E-state index in [4.69, 9.17) is 14.7 Å². The maximum absolute atomic E-state index is 6.24. The van der Waals surface area contributed by atoms with Gasteiger partial charge in [0.15, 0.2) is 5.82 Å². The van der Waals surface area contributed by atoms with E-state index in [9.17, 15) is 0 Å². The van der Waals surface area contributed by atoms with E-state index >= 15 is 0 Å². The maximum Gasteiger partial charge on any atom is 0.163 e. The van der Waals surface area contributed by atoms with Crippen molar-refractivity contribution in [3.05, 3.63) is 79.1 Å². The average molecular weight is 382 g/mol. The Labute approximate surface area is 170 Å². The Morgan fingerprint density at radius 2 is 1.76 bits per heavy atom. The molecule has 5 heteroatoms. The number of hydrogen-bond acceptors (Lipinski definition) is 5. The lowest BCUT2D eigenvalue weighted by Crippen LogP contribution is -2.41.